The van der Waals surface area contributed by atoms with Gasteiger partial charge in [0.1, 0.15) is 17.9 Å². The van der Waals surface area contributed by atoms with E-state index in [-0.39, 0.29) is 41.1 Å². The number of aliphatic hydroxyl groups is 2. The third-order valence-electron chi connectivity index (χ3n) is 12.7. The highest BCUT2D eigenvalue weighted by atomic mass is 16.7. The zero-order chi connectivity index (χ0) is 40.5. The minimum Gasteiger partial charge on any atom is -0.496 e. The number of nitrogens with zero attached hydrogens (tertiary/aromatic N) is 2. The van der Waals surface area contributed by atoms with Gasteiger partial charge in [0, 0.05) is 41.2 Å². The first-order valence-electron chi connectivity index (χ1n) is 19.7. The number of aromatic carboxylic acids is 1. The molecule has 56 heavy (non-hydrogen) atoms. The summed E-state index contributed by atoms with van der Waals surface area (Å²) in [5.74, 6) is -0.796. The minimum absolute atomic E-state index is 0.00813. The van der Waals surface area contributed by atoms with Gasteiger partial charge in [0.05, 0.1) is 31.9 Å². The van der Waals surface area contributed by atoms with Crippen LogP contribution in [-0.4, -0.2) is 108 Å². The van der Waals surface area contributed by atoms with Crippen molar-refractivity contribution in [2.45, 2.75) is 83.8 Å². The van der Waals surface area contributed by atoms with Gasteiger partial charge >= 0.3 is 5.97 Å². The summed E-state index contributed by atoms with van der Waals surface area (Å²) < 4.78 is 5.98. The third-order valence-corrected chi connectivity index (χ3v) is 12.7. The first-order chi connectivity index (χ1) is 26.6. The second-order valence-electron chi connectivity index (χ2n) is 17.0. The average molecular weight is 771 g/mol. The van der Waals surface area contributed by atoms with Crippen molar-refractivity contribution < 1.29 is 39.3 Å². The van der Waals surface area contributed by atoms with Crippen LogP contribution in [0.5, 0.6) is 5.75 Å². The Morgan fingerprint density at radius 1 is 1.04 bits per heavy atom. The Balaban J connectivity index is 1.28. The van der Waals surface area contributed by atoms with Gasteiger partial charge in [-0.25, -0.2) is 4.79 Å². The molecule has 4 fully saturated rings. The number of amides is 2. The lowest BCUT2D eigenvalue weighted by Crippen LogP contribution is -2.62. The molecule has 2 amide bonds. The van der Waals surface area contributed by atoms with E-state index >= 15 is 0 Å². The molecule has 3 aromatic carbocycles. The molecule has 7 rings (SSSR count). The zero-order valence-corrected chi connectivity index (χ0v) is 33.6. The molecule has 5 N–H and O–H groups in total. The van der Waals surface area contributed by atoms with Crippen molar-refractivity contribution >= 4 is 17.8 Å². The Bertz CT molecular complexity index is 1880. The van der Waals surface area contributed by atoms with Crippen molar-refractivity contribution in [3.8, 4) is 16.9 Å². The monoisotopic (exact) mass is 770 g/mol. The van der Waals surface area contributed by atoms with Gasteiger partial charge in [0.15, 0.2) is 0 Å². The number of para-hydroxylation sites is 1. The van der Waals surface area contributed by atoms with Crippen LogP contribution in [0.25, 0.3) is 11.1 Å². The van der Waals surface area contributed by atoms with E-state index in [2.05, 4.69) is 31.4 Å². The van der Waals surface area contributed by atoms with Gasteiger partial charge in [-0.3, -0.25) is 14.4 Å². The standard InChI is InChI=1S/C44H58N4O8/c1-25-35-20-32(44(35,3)4)21-36(25)46-42(52)39-38(26(2)50)37(24-49)56-48(39)22-28-14-11-15-34(40(28)55-7)29-17-30(19-31(18-29)43(53)54)41(51)45-33(23-47(5)6)16-27-12-9-8-10-13-27/h8-15,17-19,25-26,32-33,35-39,49-50H,16,20-24H2,1-7H3,(H,45,51)(H,46,52)(H,53,54)/t25-,26-,32+,33-,35-,36-,37-,38-,39?/m0/s1. The maximum Gasteiger partial charge on any atom is 0.335 e. The topological polar surface area (TPSA) is 161 Å². The van der Waals surface area contributed by atoms with Gasteiger partial charge < -0.3 is 35.6 Å². The number of hydrogen-bond acceptors (Lipinski definition) is 9. The van der Waals surface area contributed by atoms with Gasteiger partial charge in [-0.1, -0.05) is 69.3 Å². The van der Waals surface area contributed by atoms with Crippen LogP contribution in [0.2, 0.25) is 0 Å². The van der Waals surface area contributed by atoms with E-state index in [9.17, 15) is 29.7 Å². The van der Waals surface area contributed by atoms with Crippen molar-refractivity contribution in [1.82, 2.24) is 20.6 Å². The Kier molecular flexibility index (Phi) is 12.6. The van der Waals surface area contributed by atoms with Crippen LogP contribution in [0.4, 0.5) is 0 Å². The molecule has 1 heterocycles. The second-order valence-corrected chi connectivity index (χ2v) is 17.0. The predicted molar refractivity (Wildman–Crippen MR) is 213 cm³/mol. The number of carboxylic acid groups (broad SMARTS) is 1. The maximum atomic E-state index is 14.2. The number of nitrogens with one attached hydrogen (secondary N) is 2. The van der Waals surface area contributed by atoms with Gasteiger partial charge in [-0.2, -0.15) is 5.06 Å². The van der Waals surface area contributed by atoms with E-state index < -0.39 is 42.7 Å². The summed E-state index contributed by atoms with van der Waals surface area (Å²) in [6.07, 6.45) is 0.885. The number of hydrogen-bond donors (Lipinski definition) is 5. The number of methoxy groups -OCH3 is 1. The van der Waals surface area contributed by atoms with Crippen LogP contribution in [0.1, 0.15) is 72.4 Å². The second kappa shape index (κ2) is 17.0. The Hall–Kier alpha value is -4.33. The molecule has 0 radical (unpaired) electrons. The maximum absolute atomic E-state index is 14.2. The molecule has 302 valence electrons. The fourth-order valence-electron chi connectivity index (χ4n) is 9.64. The number of carboxylic acids is 1. The van der Waals surface area contributed by atoms with Crippen molar-refractivity contribution in [1.29, 1.82) is 0 Å². The van der Waals surface area contributed by atoms with Crippen LogP contribution in [0.15, 0.2) is 66.7 Å². The lowest BCUT2D eigenvalue weighted by molar-refractivity contribution is -0.183. The molecule has 3 aromatic rings. The van der Waals surface area contributed by atoms with Gasteiger partial charge in [0.2, 0.25) is 5.91 Å². The van der Waals surface area contributed by atoms with Crippen LogP contribution in [-0.2, 0) is 22.6 Å². The molecule has 2 bridgehead atoms. The van der Waals surface area contributed by atoms with Crippen molar-refractivity contribution in [3.05, 3.63) is 89.0 Å². The fourth-order valence-corrected chi connectivity index (χ4v) is 9.64. The molecule has 3 aliphatic carbocycles. The molecule has 3 saturated carbocycles. The number of rotatable bonds is 15. The lowest BCUT2D eigenvalue weighted by Gasteiger charge is -2.62. The van der Waals surface area contributed by atoms with Crippen LogP contribution in [0, 0.1) is 29.1 Å². The number of benzene rings is 3. The zero-order valence-electron chi connectivity index (χ0n) is 33.6. The van der Waals surface area contributed by atoms with E-state index in [4.69, 9.17) is 9.57 Å². The van der Waals surface area contributed by atoms with Crippen molar-refractivity contribution in [2.24, 2.45) is 29.1 Å². The first-order valence-corrected chi connectivity index (χ1v) is 19.7. The molecule has 9 atom stereocenters. The highest BCUT2D eigenvalue weighted by Gasteiger charge is 2.57. The summed E-state index contributed by atoms with van der Waals surface area (Å²) in [6.45, 7) is 8.68. The van der Waals surface area contributed by atoms with Crippen molar-refractivity contribution in [2.75, 3.05) is 34.4 Å². The van der Waals surface area contributed by atoms with Crippen LogP contribution >= 0.6 is 0 Å². The van der Waals surface area contributed by atoms with E-state index in [0.717, 1.165) is 12.0 Å². The number of ether oxygens (including phenoxy) is 1. The normalized spacial score (nSPS) is 26.6. The molecule has 0 aromatic heterocycles. The molecule has 4 aliphatic rings. The Morgan fingerprint density at radius 2 is 1.75 bits per heavy atom. The highest BCUT2D eigenvalue weighted by Crippen LogP contribution is 2.61. The third kappa shape index (κ3) is 8.50. The van der Waals surface area contributed by atoms with E-state index in [1.807, 2.05) is 55.4 Å². The van der Waals surface area contributed by atoms with Gasteiger partial charge in [-0.15, -0.1) is 0 Å². The summed E-state index contributed by atoms with van der Waals surface area (Å²) in [6, 6.07) is 18.7. The molecule has 12 heteroatoms. The first kappa shape index (κ1) is 41.3. The number of hydroxylamine groups is 2. The van der Waals surface area contributed by atoms with Gasteiger partial charge in [0.25, 0.3) is 5.91 Å². The Labute approximate surface area is 330 Å². The predicted octanol–water partition coefficient (Wildman–Crippen LogP) is 4.62. The minimum atomic E-state index is -1.18. The summed E-state index contributed by atoms with van der Waals surface area (Å²) >= 11 is 0. The lowest BCUT2D eigenvalue weighted by atomic mass is 9.45. The molecule has 1 saturated heterocycles. The summed E-state index contributed by atoms with van der Waals surface area (Å²) in [5.41, 5.74) is 3.07. The highest BCUT2D eigenvalue weighted by molar-refractivity contribution is 6.00. The van der Waals surface area contributed by atoms with Crippen LogP contribution < -0.4 is 15.4 Å². The average Bonchev–Trinajstić information content (AvgIpc) is 3.53. The fraction of sp³-hybridized carbons (Fsp3) is 0.523. The number of carbonyl (C=O) groups excluding carboxylic acids is 2. The van der Waals surface area contributed by atoms with E-state index in [0.29, 0.717) is 53.2 Å². The van der Waals surface area contributed by atoms with E-state index in [1.165, 1.54) is 30.7 Å². The summed E-state index contributed by atoms with van der Waals surface area (Å²) in [4.78, 5) is 48.7. The van der Waals surface area contributed by atoms with Crippen LogP contribution in [0.3, 0.4) is 0 Å². The number of fused-ring (bicyclic) bond motifs is 2. The smallest absolute Gasteiger partial charge is 0.335 e. The summed E-state index contributed by atoms with van der Waals surface area (Å²) in [7, 11) is 5.37. The molecule has 1 aliphatic heterocycles. The van der Waals surface area contributed by atoms with Gasteiger partial charge in [-0.05, 0) is 92.8 Å². The summed E-state index contributed by atoms with van der Waals surface area (Å²) in [5, 5.41) is 39.4. The molecular weight excluding hydrogens is 713 g/mol. The molecule has 1 unspecified atom stereocenters. The number of likely N-dealkylation sites (N-methyl/N-ethyl adjacent to an activating group) is 1. The molecule has 12 nitrogen and oxygen atoms in total. The SMILES string of the molecule is COc1c(CN2O[C@@H](CO)[C@H]([C@H](C)O)C2C(=O)N[C@H]2C[C@H]3C[C@@H]([C@@H]2C)C3(C)C)cccc1-c1cc(C(=O)O)cc(C(=O)N[C@@H](Cc2ccccc2)CN(C)C)c1. The molecular formula is C44H58N4O8. The largest absolute Gasteiger partial charge is 0.496 e. The quantitative estimate of drug-likeness (QED) is 0.148. The number of carbonyl (C=O) groups is 3. The molecule has 0 spiro atoms. The number of aliphatic hydroxyl groups excluding tert-OH is 2. The van der Waals surface area contributed by atoms with Crippen molar-refractivity contribution in [3.63, 3.8) is 0 Å². The van der Waals surface area contributed by atoms with E-state index in [1.54, 1.807) is 25.1 Å². The Morgan fingerprint density at radius 3 is 2.36 bits per heavy atom.